The van der Waals surface area contributed by atoms with Crippen molar-refractivity contribution in [3.05, 3.63) is 52.0 Å². The van der Waals surface area contributed by atoms with E-state index in [0.29, 0.717) is 39.3 Å². The fourth-order valence-electron chi connectivity index (χ4n) is 1.86. The highest BCUT2D eigenvalue weighted by atomic mass is 35.5. The molecule has 3 N–H and O–H groups in total. The number of benzene rings is 2. The number of nitrogens with two attached hydrogens (primary N) is 1. The van der Waals surface area contributed by atoms with Crippen LogP contribution < -0.4 is 11.1 Å². The second-order valence-corrected chi connectivity index (χ2v) is 5.45. The van der Waals surface area contributed by atoms with Crippen molar-refractivity contribution in [2.24, 2.45) is 0 Å². The predicted molar refractivity (Wildman–Crippen MR) is 91.2 cm³/mol. The fourth-order valence-corrected chi connectivity index (χ4v) is 2.21. The van der Waals surface area contributed by atoms with Crippen LogP contribution in [0.4, 0.5) is 17.1 Å². The van der Waals surface area contributed by atoms with E-state index in [2.05, 4.69) is 5.32 Å². The number of rotatable bonds is 5. The SMILES string of the molecule is CCCOC(=O)c1cc(N)ccc1Nc1cccc(Cl)c1Cl. The Kier molecular flexibility index (Phi) is 5.52. The van der Waals surface area contributed by atoms with Crippen LogP contribution >= 0.6 is 23.2 Å². The molecule has 116 valence electrons. The van der Waals surface area contributed by atoms with Crippen LogP contribution in [0.15, 0.2) is 36.4 Å². The molecule has 0 heterocycles. The number of anilines is 3. The molecule has 0 bridgehead atoms. The molecule has 0 fully saturated rings. The van der Waals surface area contributed by atoms with Crippen LogP contribution in [0.25, 0.3) is 0 Å². The summed E-state index contributed by atoms with van der Waals surface area (Å²) in [5, 5.41) is 3.90. The van der Waals surface area contributed by atoms with E-state index in [-0.39, 0.29) is 0 Å². The monoisotopic (exact) mass is 338 g/mol. The van der Waals surface area contributed by atoms with Crippen molar-refractivity contribution >= 4 is 46.2 Å². The van der Waals surface area contributed by atoms with E-state index >= 15 is 0 Å². The predicted octanol–water partition coefficient (Wildman–Crippen LogP) is 4.89. The Bertz CT molecular complexity index is 690. The summed E-state index contributed by atoms with van der Waals surface area (Å²) >= 11 is 12.1. The van der Waals surface area contributed by atoms with Crippen molar-refractivity contribution in [1.82, 2.24) is 0 Å². The summed E-state index contributed by atoms with van der Waals surface area (Å²) in [6, 6.07) is 10.2. The number of esters is 1. The summed E-state index contributed by atoms with van der Waals surface area (Å²) in [6.07, 6.45) is 0.747. The Labute approximate surface area is 139 Å². The number of hydrogen-bond donors (Lipinski definition) is 2. The van der Waals surface area contributed by atoms with Crippen LogP contribution in [-0.4, -0.2) is 12.6 Å². The second-order valence-electron chi connectivity index (χ2n) is 4.67. The molecule has 0 unspecified atom stereocenters. The van der Waals surface area contributed by atoms with Crippen molar-refractivity contribution in [3.8, 4) is 0 Å². The van der Waals surface area contributed by atoms with Crippen molar-refractivity contribution in [3.63, 3.8) is 0 Å². The van der Waals surface area contributed by atoms with Gasteiger partial charge >= 0.3 is 5.97 Å². The van der Waals surface area contributed by atoms with E-state index < -0.39 is 5.97 Å². The van der Waals surface area contributed by atoms with Crippen molar-refractivity contribution in [2.45, 2.75) is 13.3 Å². The molecule has 0 aromatic heterocycles. The van der Waals surface area contributed by atoms with Crippen LogP contribution in [0.1, 0.15) is 23.7 Å². The zero-order valence-corrected chi connectivity index (χ0v) is 13.5. The molecule has 0 spiro atoms. The molecule has 0 amide bonds. The Balaban J connectivity index is 2.34. The van der Waals surface area contributed by atoms with Gasteiger partial charge in [-0.25, -0.2) is 4.79 Å². The first-order chi connectivity index (χ1) is 10.5. The van der Waals surface area contributed by atoms with Crippen LogP contribution in [0.3, 0.4) is 0 Å². The van der Waals surface area contributed by atoms with Crippen LogP contribution in [0.5, 0.6) is 0 Å². The summed E-state index contributed by atoms with van der Waals surface area (Å²) < 4.78 is 5.17. The summed E-state index contributed by atoms with van der Waals surface area (Å²) in [4.78, 5) is 12.1. The van der Waals surface area contributed by atoms with Gasteiger partial charge in [0.15, 0.2) is 0 Å². The molecule has 2 aromatic rings. The third-order valence-corrected chi connectivity index (χ3v) is 3.74. The van der Waals surface area contributed by atoms with Crippen LogP contribution in [0, 0.1) is 0 Å². The summed E-state index contributed by atoms with van der Waals surface area (Å²) in [7, 11) is 0. The van der Waals surface area contributed by atoms with Crippen molar-refractivity contribution in [2.75, 3.05) is 17.7 Å². The lowest BCUT2D eigenvalue weighted by atomic mass is 10.1. The van der Waals surface area contributed by atoms with Gasteiger partial charge < -0.3 is 15.8 Å². The van der Waals surface area contributed by atoms with Gasteiger partial charge in [0.25, 0.3) is 0 Å². The van der Waals surface area contributed by atoms with E-state index in [4.69, 9.17) is 33.7 Å². The maximum Gasteiger partial charge on any atom is 0.340 e. The minimum absolute atomic E-state index is 0.351. The number of hydrogen-bond acceptors (Lipinski definition) is 4. The first-order valence-electron chi connectivity index (χ1n) is 6.80. The lowest BCUT2D eigenvalue weighted by Crippen LogP contribution is -2.09. The highest BCUT2D eigenvalue weighted by Gasteiger charge is 2.15. The first-order valence-corrected chi connectivity index (χ1v) is 7.56. The topological polar surface area (TPSA) is 64.3 Å². The molecule has 0 saturated carbocycles. The Morgan fingerprint density at radius 1 is 1.23 bits per heavy atom. The zero-order chi connectivity index (χ0) is 16.1. The maximum atomic E-state index is 12.1. The van der Waals surface area contributed by atoms with Gasteiger partial charge in [-0.1, -0.05) is 36.2 Å². The van der Waals surface area contributed by atoms with Crippen molar-refractivity contribution in [1.29, 1.82) is 0 Å². The van der Waals surface area contributed by atoms with E-state index in [9.17, 15) is 4.79 Å². The van der Waals surface area contributed by atoms with Gasteiger partial charge in [0, 0.05) is 5.69 Å². The van der Waals surface area contributed by atoms with E-state index in [1.54, 1.807) is 36.4 Å². The molecule has 0 aliphatic heterocycles. The normalized spacial score (nSPS) is 10.3. The van der Waals surface area contributed by atoms with Gasteiger partial charge in [0.2, 0.25) is 0 Å². The molecule has 4 nitrogen and oxygen atoms in total. The lowest BCUT2D eigenvalue weighted by molar-refractivity contribution is 0.0506. The quantitative estimate of drug-likeness (QED) is 0.601. The average Bonchev–Trinajstić information content (AvgIpc) is 2.51. The molecule has 22 heavy (non-hydrogen) atoms. The molecular formula is C16H16Cl2N2O2. The standard InChI is InChI=1S/C16H16Cl2N2O2/c1-2-8-22-16(21)11-9-10(19)6-7-13(11)20-14-5-3-4-12(17)15(14)18/h3-7,9,20H,2,8,19H2,1H3. The number of carbonyl (C=O) groups is 1. The minimum Gasteiger partial charge on any atom is -0.462 e. The fraction of sp³-hybridized carbons (Fsp3) is 0.188. The van der Waals surface area contributed by atoms with Gasteiger partial charge in [-0.15, -0.1) is 0 Å². The second kappa shape index (κ2) is 7.38. The Hall–Kier alpha value is -1.91. The Morgan fingerprint density at radius 3 is 2.73 bits per heavy atom. The summed E-state index contributed by atoms with van der Waals surface area (Å²) in [5.41, 5.74) is 7.74. The van der Waals surface area contributed by atoms with E-state index in [0.717, 1.165) is 6.42 Å². The zero-order valence-electron chi connectivity index (χ0n) is 12.0. The molecule has 0 aliphatic rings. The summed E-state index contributed by atoms with van der Waals surface area (Å²) in [6.45, 7) is 2.28. The van der Waals surface area contributed by atoms with Gasteiger partial charge in [-0.3, -0.25) is 0 Å². The van der Waals surface area contributed by atoms with Crippen LogP contribution in [-0.2, 0) is 4.74 Å². The summed E-state index contributed by atoms with van der Waals surface area (Å²) in [5.74, 6) is -0.435. The first kappa shape index (κ1) is 16.5. The molecule has 2 rings (SSSR count). The van der Waals surface area contributed by atoms with Gasteiger partial charge in [-0.05, 0) is 36.8 Å². The van der Waals surface area contributed by atoms with E-state index in [1.807, 2.05) is 6.92 Å². The number of ether oxygens (including phenoxy) is 1. The molecular weight excluding hydrogens is 323 g/mol. The molecule has 0 saturated heterocycles. The average molecular weight is 339 g/mol. The largest absolute Gasteiger partial charge is 0.462 e. The van der Waals surface area contributed by atoms with Gasteiger partial charge in [0.05, 0.1) is 33.6 Å². The van der Waals surface area contributed by atoms with Gasteiger partial charge in [-0.2, -0.15) is 0 Å². The van der Waals surface area contributed by atoms with Crippen LogP contribution in [0.2, 0.25) is 10.0 Å². The number of nitrogen functional groups attached to an aromatic ring is 1. The smallest absolute Gasteiger partial charge is 0.340 e. The highest BCUT2D eigenvalue weighted by Crippen LogP contribution is 2.33. The third kappa shape index (κ3) is 3.84. The van der Waals surface area contributed by atoms with Gasteiger partial charge in [0.1, 0.15) is 0 Å². The molecule has 6 heteroatoms. The number of carbonyl (C=O) groups excluding carboxylic acids is 1. The highest BCUT2D eigenvalue weighted by molar-refractivity contribution is 6.43. The molecule has 0 radical (unpaired) electrons. The maximum absolute atomic E-state index is 12.1. The Morgan fingerprint density at radius 2 is 2.00 bits per heavy atom. The lowest BCUT2D eigenvalue weighted by Gasteiger charge is -2.14. The molecule has 0 aliphatic carbocycles. The number of nitrogens with one attached hydrogen (secondary N) is 1. The third-order valence-electron chi connectivity index (χ3n) is 2.92. The van der Waals surface area contributed by atoms with Crippen molar-refractivity contribution < 1.29 is 9.53 Å². The number of halogens is 2. The molecule has 2 aromatic carbocycles. The molecule has 0 atom stereocenters. The minimum atomic E-state index is -0.435. The van der Waals surface area contributed by atoms with E-state index in [1.165, 1.54) is 0 Å².